The molecular formula is C11H15N3O2. The first-order chi connectivity index (χ1) is 7.68. The average Bonchev–Trinajstić information content (AvgIpc) is 3.10. The molecule has 1 amide bonds. The molecule has 1 heterocycles. The monoisotopic (exact) mass is 221 g/mol. The molecule has 0 aromatic carbocycles. The van der Waals surface area contributed by atoms with Crippen molar-refractivity contribution in [3.05, 3.63) is 24.0 Å². The first kappa shape index (κ1) is 10.9. The zero-order valence-corrected chi connectivity index (χ0v) is 8.89. The van der Waals surface area contributed by atoms with Gasteiger partial charge in [-0.15, -0.1) is 0 Å². The Morgan fingerprint density at radius 1 is 1.69 bits per heavy atom. The lowest BCUT2D eigenvalue weighted by molar-refractivity contribution is 0.0897. The van der Waals surface area contributed by atoms with Crippen LogP contribution in [0.2, 0.25) is 0 Å². The zero-order valence-electron chi connectivity index (χ0n) is 8.89. The second-order valence-electron chi connectivity index (χ2n) is 4.06. The third-order valence-corrected chi connectivity index (χ3v) is 2.69. The maximum atomic E-state index is 11.6. The van der Waals surface area contributed by atoms with Crippen LogP contribution in [-0.2, 0) is 0 Å². The summed E-state index contributed by atoms with van der Waals surface area (Å²) in [5.41, 5.74) is 6.18. The number of aliphatic hydroxyl groups excluding tert-OH is 1. The van der Waals surface area contributed by atoms with Gasteiger partial charge >= 0.3 is 0 Å². The van der Waals surface area contributed by atoms with Gasteiger partial charge in [0.2, 0.25) is 0 Å². The van der Waals surface area contributed by atoms with E-state index in [1.807, 2.05) is 0 Å². The van der Waals surface area contributed by atoms with Gasteiger partial charge in [-0.3, -0.25) is 4.79 Å². The van der Waals surface area contributed by atoms with Gasteiger partial charge in [0.1, 0.15) is 0 Å². The number of pyridine rings is 1. The molecular weight excluding hydrogens is 206 g/mol. The van der Waals surface area contributed by atoms with Gasteiger partial charge in [0.15, 0.2) is 5.69 Å². The number of carbonyl (C=O) groups is 1. The van der Waals surface area contributed by atoms with Crippen LogP contribution in [0.15, 0.2) is 18.3 Å². The van der Waals surface area contributed by atoms with Gasteiger partial charge < -0.3 is 16.2 Å². The first-order valence-corrected chi connectivity index (χ1v) is 5.35. The van der Waals surface area contributed by atoms with Crippen molar-refractivity contribution in [2.45, 2.75) is 18.9 Å². The largest absolute Gasteiger partial charge is 0.397 e. The van der Waals surface area contributed by atoms with Gasteiger partial charge in [-0.1, -0.05) is 0 Å². The molecule has 4 N–H and O–H groups in total. The van der Waals surface area contributed by atoms with E-state index < -0.39 is 6.10 Å². The van der Waals surface area contributed by atoms with Crippen LogP contribution in [0.5, 0.6) is 0 Å². The van der Waals surface area contributed by atoms with E-state index in [0.29, 0.717) is 11.6 Å². The lowest BCUT2D eigenvalue weighted by Crippen LogP contribution is -2.34. The fourth-order valence-corrected chi connectivity index (χ4v) is 1.54. The molecule has 5 nitrogen and oxygen atoms in total. The third kappa shape index (κ3) is 2.49. The zero-order chi connectivity index (χ0) is 11.5. The van der Waals surface area contributed by atoms with Gasteiger partial charge in [-0.05, 0) is 30.9 Å². The molecule has 2 rings (SSSR count). The topological polar surface area (TPSA) is 88.2 Å². The number of hydrogen-bond donors (Lipinski definition) is 3. The van der Waals surface area contributed by atoms with Crippen LogP contribution in [0.4, 0.5) is 5.69 Å². The summed E-state index contributed by atoms with van der Waals surface area (Å²) in [6.07, 6.45) is 3.16. The van der Waals surface area contributed by atoms with Crippen molar-refractivity contribution < 1.29 is 9.90 Å². The molecule has 86 valence electrons. The quantitative estimate of drug-likeness (QED) is 0.676. The molecule has 1 aromatic heterocycles. The van der Waals surface area contributed by atoms with Crippen molar-refractivity contribution in [3.63, 3.8) is 0 Å². The molecule has 0 radical (unpaired) electrons. The molecule has 0 spiro atoms. The van der Waals surface area contributed by atoms with Crippen LogP contribution in [0.25, 0.3) is 0 Å². The second kappa shape index (κ2) is 4.49. The highest BCUT2D eigenvalue weighted by molar-refractivity contribution is 5.96. The van der Waals surface area contributed by atoms with Crippen LogP contribution in [-0.4, -0.2) is 28.6 Å². The van der Waals surface area contributed by atoms with E-state index in [1.54, 1.807) is 12.1 Å². The maximum Gasteiger partial charge on any atom is 0.272 e. The Morgan fingerprint density at radius 3 is 3.06 bits per heavy atom. The summed E-state index contributed by atoms with van der Waals surface area (Å²) in [7, 11) is 0. The first-order valence-electron chi connectivity index (χ1n) is 5.35. The van der Waals surface area contributed by atoms with Gasteiger partial charge in [0, 0.05) is 12.7 Å². The number of rotatable bonds is 4. The summed E-state index contributed by atoms with van der Waals surface area (Å²) in [6, 6.07) is 3.30. The molecule has 0 aliphatic heterocycles. The number of nitrogens with one attached hydrogen (secondary N) is 1. The second-order valence-corrected chi connectivity index (χ2v) is 4.06. The summed E-state index contributed by atoms with van der Waals surface area (Å²) in [6.45, 7) is 0.263. The normalized spacial score (nSPS) is 16.8. The van der Waals surface area contributed by atoms with Crippen molar-refractivity contribution in [3.8, 4) is 0 Å². The molecule has 1 aliphatic rings. The number of amides is 1. The molecule has 1 unspecified atom stereocenters. The highest BCUT2D eigenvalue weighted by atomic mass is 16.3. The lowest BCUT2D eigenvalue weighted by Gasteiger charge is -2.10. The summed E-state index contributed by atoms with van der Waals surface area (Å²) >= 11 is 0. The Hall–Kier alpha value is -1.62. The number of nitrogen functional groups attached to an aromatic ring is 1. The molecule has 16 heavy (non-hydrogen) atoms. The van der Waals surface area contributed by atoms with Crippen LogP contribution in [0.3, 0.4) is 0 Å². The predicted octanol–water partition coefficient (Wildman–Crippen LogP) is 0.164. The van der Waals surface area contributed by atoms with Crippen molar-refractivity contribution in [1.82, 2.24) is 10.3 Å². The highest BCUT2D eigenvalue weighted by Gasteiger charge is 2.29. The Balaban J connectivity index is 1.90. The van der Waals surface area contributed by atoms with Gasteiger partial charge in [-0.2, -0.15) is 0 Å². The minimum atomic E-state index is -0.450. The van der Waals surface area contributed by atoms with Gasteiger partial charge in [-0.25, -0.2) is 4.98 Å². The number of carbonyl (C=O) groups excluding carboxylic acids is 1. The lowest BCUT2D eigenvalue weighted by atomic mass is 10.2. The SMILES string of the molecule is Nc1cccnc1C(=O)NCC(O)C1CC1. The summed E-state index contributed by atoms with van der Waals surface area (Å²) < 4.78 is 0. The standard InChI is InChI=1S/C11H15N3O2/c12-8-2-1-5-13-10(8)11(16)14-6-9(15)7-3-4-7/h1-2,5,7,9,15H,3-4,6,12H2,(H,14,16). The molecule has 0 bridgehead atoms. The minimum absolute atomic E-state index is 0.213. The third-order valence-electron chi connectivity index (χ3n) is 2.69. The maximum absolute atomic E-state index is 11.6. The van der Waals surface area contributed by atoms with E-state index in [9.17, 15) is 9.90 Å². The number of anilines is 1. The summed E-state index contributed by atoms with van der Waals surface area (Å²) in [5.74, 6) is 0.0131. The van der Waals surface area contributed by atoms with Crippen molar-refractivity contribution in [1.29, 1.82) is 0 Å². The molecule has 1 aromatic rings. The van der Waals surface area contributed by atoms with Gasteiger partial charge in [0.25, 0.3) is 5.91 Å². The fourth-order valence-electron chi connectivity index (χ4n) is 1.54. The van der Waals surface area contributed by atoms with Gasteiger partial charge in [0.05, 0.1) is 11.8 Å². The van der Waals surface area contributed by atoms with Crippen molar-refractivity contribution >= 4 is 11.6 Å². The molecule has 0 saturated heterocycles. The molecule has 1 saturated carbocycles. The van der Waals surface area contributed by atoms with Crippen molar-refractivity contribution in [2.75, 3.05) is 12.3 Å². The summed E-state index contributed by atoms with van der Waals surface area (Å²) in [5, 5.41) is 12.2. The average molecular weight is 221 g/mol. The molecule has 1 fully saturated rings. The smallest absolute Gasteiger partial charge is 0.272 e. The predicted molar refractivity (Wildman–Crippen MR) is 59.7 cm³/mol. The Morgan fingerprint density at radius 2 is 2.44 bits per heavy atom. The number of nitrogens with two attached hydrogens (primary N) is 1. The van der Waals surface area contributed by atoms with Crippen LogP contribution in [0.1, 0.15) is 23.3 Å². The Labute approximate surface area is 93.7 Å². The van der Waals surface area contributed by atoms with E-state index in [4.69, 9.17) is 5.73 Å². The van der Waals surface area contributed by atoms with E-state index in [2.05, 4.69) is 10.3 Å². The highest BCUT2D eigenvalue weighted by Crippen LogP contribution is 2.32. The Kier molecular flexibility index (Phi) is 3.05. The molecule has 1 atom stereocenters. The number of aliphatic hydroxyl groups is 1. The minimum Gasteiger partial charge on any atom is -0.397 e. The molecule has 5 heteroatoms. The van der Waals surface area contributed by atoms with Crippen LogP contribution >= 0.6 is 0 Å². The summed E-state index contributed by atoms with van der Waals surface area (Å²) in [4.78, 5) is 15.5. The fraction of sp³-hybridized carbons (Fsp3) is 0.455. The number of nitrogens with zero attached hydrogens (tertiary/aromatic N) is 1. The van der Waals surface area contributed by atoms with E-state index in [1.165, 1.54) is 6.20 Å². The van der Waals surface area contributed by atoms with Crippen LogP contribution < -0.4 is 11.1 Å². The van der Waals surface area contributed by atoms with Crippen LogP contribution in [0, 0.1) is 5.92 Å². The van der Waals surface area contributed by atoms with E-state index >= 15 is 0 Å². The van der Waals surface area contributed by atoms with Crippen molar-refractivity contribution in [2.24, 2.45) is 5.92 Å². The molecule has 1 aliphatic carbocycles. The number of hydrogen-bond acceptors (Lipinski definition) is 4. The van der Waals surface area contributed by atoms with E-state index in [-0.39, 0.29) is 18.1 Å². The van der Waals surface area contributed by atoms with E-state index in [0.717, 1.165) is 12.8 Å². The number of aromatic nitrogens is 1. The Bertz CT molecular complexity index is 391.